The molecular weight excluding hydrogens is 360 g/mol. The van der Waals surface area contributed by atoms with Crippen LogP contribution in [0.5, 0.6) is 0 Å². The summed E-state index contributed by atoms with van der Waals surface area (Å²) >= 11 is 0. The Labute approximate surface area is 161 Å². The van der Waals surface area contributed by atoms with Crippen LogP contribution >= 0.6 is 0 Å². The molecule has 0 bridgehead atoms. The monoisotopic (exact) mass is 380 g/mol. The van der Waals surface area contributed by atoms with Crippen molar-refractivity contribution in [3.63, 3.8) is 0 Å². The summed E-state index contributed by atoms with van der Waals surface area (Å²) in [5.74, 6) is -0.0173. The van der Waals surface area contributed by atoms with Crippen molar-refractivity contribution < 1.29 is 9.72 Å². The second kappa shape index (κ2) is 7.26. The molecule has 0 atom stereocenters. The number of non-ortho nitro benzene ring substituents is 1. The predicted octanol–water partition coefficient (Wildman–Crippen LogP) is 2.32. The molecule has 1 amide bonds. The molecular formula is C19H20N6O3. The second-order valence-corrected chi connectivity index (χ2v) is 6.66. The van der Waals surface area contributed by atoms with Gasteiger partial charge in [0.2, 0.25) is 0 Å². The van der Waals surface area contributed by atoms with Crippen LogP contribution in [0.1, 0.15) is 17.3 Å². The molecule has 1 aliphatic heterocycles. The molecule has 2 aromatic carbocycles. The largest absolute Gasteiger partial charge is 0.368 e. The van der Waals surface area contributed by atoms with Crippen LogP contribution in [0.3, 0.4) is 0 Å². The number of rotatable bonds is 4. The molecule has 144 valence electrons. The number of fused-ring (bicyclic) bond motifs is 1. The third kappa shape index (κ3) is 3.26. The number of hydrogen-bond donors (Lipinski definition) is 0. The first-order chi connectivity index (χ1) is 13.6. The Hall–Kier alpha value is -3.49. The minimum Gasteiger partial charge on any atom is -0.368 e. The molecule has 1 saturated heterocycles. The fourth-order valence-electron chi connectivity index (χ4n) is 3.47. The molecule has 3 aromatic rings. The molecule has 1 aromatic heterocycles. The van der Waals surface area contributed by atoms with E-state index in [-0.39, 0.29) is 11.6 Å². The number of nitro benzene ring substituents is 1. The maximum Gasteiger partial charge on any atom is 0.269 e. The summed E-state index contributed by atoms with van der Waals surface area (Å²) in [5.41, 5.74) is 3.25. The van der Waals surface area contributed by atoms with E-state index in [4.69, 9.17) is 0 Å². The first kappa shape index (κ1) is 17.9. The van der Waals surface area contributed by atoms with Gasteiger partial charge in [-0.05, 0) is 37.3 Å². The van der Waals surface area contributed by atoms with Crippen molar-refractivity contribution in [2.75, 3.05) is 31.1 Å². The zero-order valence-corrected chi connectivity index (χ0v) is 15.5. The van der Waals surface area contributed by atoms with Gasteiger partial charge in [0.1, 0.15) is 5.52 Å². The van der Waals surface area contributed by atoms with Gasteiger partial charge in [-0.3, -0.25) is 14.9 Å². The van der Waals surface area contributed by atoms with E-state index in [1.807, 2.05) is 24.0 Å². The van der Waals surface area contributed by atoms with Crippen molar-refractivity contribution >= 4 is 28.3 Å². The second-order valence-electron chi connectivity index (χ2n) is 6.66. The molecule has 0 radical (unpaired) electrons. The van der Waals surface area contributed by atoms with Crippen LogP contribution in [0, 0.1) is 10.1 Å². The van der Waals surface area contributed by atoms with Crippen LogP contribution in [0.4, 0.5) is 11.4 Å². The number of piperazine rings is 1. The maximum atomic E-state index is 12.9. The Balaban J connectivity index is 1.43. The third-order valence-electron chi connectivity index (χ3n) is 5.05. The van der Waals surface area contributed by atoms with Gasteiger partial charge in [0, 0.05) is 56.1 Å². The SMILES string of the molecule is CCn1nnc2cc(C(=O)N3CCN(c4ccc([N+](=O)[O-])cc4)CC3)ccc21. The number of benzene rings is 2. The number of nitro groups is 1. The highest BCUT2D eigenvalue weighted by atomic mass is 16.6. The summed E-state index contributed by atoms with van der Waals surface area (Å²) in [6.45, 7) is 5.27. The molecule has 28 heavy (non-hydrogen) atoms. The molecule has 0 saturated carbocycles. The molecule has 1 fully saturated rings. The van der Waals surface area contributed by atoms with Crippen molar-refractivity contribution in [1.82, 2.24) is 19.9 Å². The molecule has 1 aliphatic rings. The van der Waals surface area contributed by atoms with Gasteiger partial charge in [-0.2, -0.15) is 0 Å². The first-order valence-corrected chi connectivity index (χ1v) is 9.18. The van der Waals surface area contributed by atoms with E-state index in [0.29, 0.717) is 31.7 Å². The number of aryl methyl sites for hydroxylation is 1. The highest BCUT2D eigenvalue weighted by Gasteiger charge is 2.23. The number of carbonyl (C=O) groups excluding carboxylic acids is 1. The van der Waals surface area contributed by atoms with Crippen LogP contribution < -0.4 is 4.90 Å². The number of hydrogen-bond acceptors (Lipinski definition) is 6. The van der Waals surface area contributed by atoms with Crippen LogP contribution in [-0.2, 0) is 6.54 Å². The smallest absolute Gasteiger partial charge is 0.269 e. The average Bonchev–Trinajstić information content (AvgIpc) is 3.15. The van der Waals surface area contributed by atoms with E-state index >= 15 is 0 Å². The van der Waals surface area contributed by atoms with Crippen molar-refractivity contribution in [1.29, 1.82) is 0 Å². The van der Waals surface area contributed by atoms with Gasteiger partial charge in [-0.1, -0.05) is 5.21 Å². The molecule has 2 heterocycles. The molecule has 0 N–H and O–H groups in total. The minimum absolute atomic E-state index is 0.0173. The number of amides is 1. The molecule has 0 aliphatic carbocycles. The number of nitrogens with zero attached hydrogens (tertiary/aromatic N) is 6. The Bertz CT molecular complexity index is 1020. The Morgan fingerprint density at radius 3 is 2.46 bits per heavy atom. The zero-order chi connectivity index (χ0) is 19.7. The van der Waals surface area contributed by atoms with E-state index in [1.54, 1.807) is 22.9 Å². The molecule has 0 unspecified atom stereocenters. The number of carbonyl (C=O) groups is 1. The summed E-state index contributed by atoms with van der Waals surface area (Å²) in [6, 6.07) is 12.0. The highest BCUT2D eigenvalue weighted by molar-refractivity contribution is 5.97. The predicted molar refractivity (Wildman–Crippen MR) is 104 cm³/mol. The lowest BCUT2D eigenvalue weighted by molar-refractivity contribution is -0.384. The van der Waals surface area contributed by atoms with Gasteiger partial charge in [-0.25, -0.2) is 4.68 Å². The zero-order valence-electron chi connectivity index (χ0n) is 15.5. The molecule has 4 rings (SSSR count). The van der Waals surface area contributed by atoms with E-state index in [1.165, 1.54) is 12.1 Å². The first-order valence-electron chi connectivity index (χ1n) is 9.18. The van der Waals surface area contributed by atoms with E-state index in [0.717, 1.165) is 23.3 Å². The van der Waals surface area contributed by atoms with Gasteiger partial charge < -0.3 is 9.80 Å². The molecule has 0 spiro atoms. The average molecular weight is 380 g/mol. The van der Waals surface area contributed by atoms with Gasteiger partial charge >= 0.3 is 0 Å². The van der Waals surface area contributed by atoms with Crippen LogP contribution in [0.2, 0.25) is 0 Å². The van der Waals surface area contributed by atoms with Crippen LogP contribution in [0.15, 0.2) is 42.5 Å². The van der Waals surface area contributed by atoms with Crippen molar-refractivity contribution in [3.8, 4) is 0 Å². The van der Waals surface area contributed by atoms with E-state index in [9.17, 15) is 14.9 Å². The lowest BCUT2D eigenvalue weighted by Crippen LogP contribution is -2.48. The lowest BCUT2D eigenvalue weighted by Gasteiger charge is -2.36. The molecule has 9 heteroatoms. The number of aromatic nitrogens is 3. The Morgan fingerprint density at radius 2 is 1.82 bits per heavy atom. The van der Waals surface area contributed by atoms with E-state index in [2.05, 4.69) is 15.2 Å². The summed E-state index contributed by atoms with van der Waals surface area (Å²) < 4.78 is 1.80. The van der Waals surface area contributed by atoms with Crippen LogP contribution in [0.25, 0.3) is 11.0 Å². The lowest BCUT2D eigenvalue weighted by atomic mass is 10.1. The fourth-order valence-corrected chi connectivity index (χ4v) is 3.47. The fraction of sp³-hybridized carbons (Fsp3) is 0.316. The molecule has 9 nitrogen and oxygen atoms in total. The van der Waals surface area contributed by atoms with Crippen LogP contribution in [-0.4, -0.2) is 56.9 Å². The van der Waals surface area contributed by atoms with Gasteiger partial charge in [0.25, 0.3) is 11.6 Å². The van der Waals surface area contributed by atoms with Crippen molar-refractivity contribution in [2.24, 2.45) is 0 Å². The highest BCUT2D eigenvalue weighted by Crippen LogP contribution is 2.22. The minimum atomic E-state index is -0.406. The Kier molecular flexibility index (Phi) is 4.64. The van der Waals surface area contributed by atoms with Gasteiger partial charge in [0.15, 0.2) is 0 Å². The summed E-state index contributed by atoms with van der Waals surface area (Å²) in [5, 5.41) is 19.0. The number of anilines is 1. The van der Waals surface area contributed by atoms with Gasteiger partial charge in [0.05, 0.1) is 10.4 Å². The third-order valence-corrected chi connectivity index (χ3v) is 5.05. The van der Waals surface area contributed by atoms with E-state index < -0.39 is 4.92 Å². The summed E-state index contributed by atoms with van der Waals surface area (Å²) in [7, 11) is 0. The van der Waals surface area contributed by atoms with Crippen molar-refractivity contribution in [2.45, 2.75) is 13.5 Å². The summed E-state index contributed by atoms with van der Waals surface area (Å²) in [4.78, 5) is 27.2. The van der Waals surface area contributed by atoms with Crippen molar-refractivity contribution in [3.05, 3.63) is 58.1 Å². The normalized spacial score (nSPS) is 14.5. The van der Waals surface area contributed by atoms with Gasteiger partial charge in [-0.15, -0.1) is 5.10 Å². The quantitative estimate of drug-likeness (QED) is 0.509. The Morgan fingerprint density at radius 1 is 1.11 bits per heavy atom. The standard InChI is InChI=1S/C19H20N6O3/c1-2-24-18-8-3-14(13-17(18)20-21-24)19(26)23-11-9-22(10-12-23)15-4-6-16(7-5-15)25(27)28/h3-8,13H,2,9-12H2,1H3. The summed E-state index contributed by atoms with van der Waals surface area (Å²) in [6.07, 6.45) is 0. The maximum absolute atomic E-state index is 12.9. The topological polar surface area (TPSA) is 97.4 Å².